The standard InChI is InChI=1S/C9H15NO3/c1-10(9(12)13)8(11)7-5-3-2-4-6-7/h7H,2-6H2,1H3,(H,12,13). The lowest BCUT2D eigenvalue weighted by molar-refractivity contribution is -0.133. The van der Waals surface area contributed by atoms with Gasteiger partial charge in [-0.3, -0.25) is 9.69 Å². The zero-order valence-electron chi connectivity index (χ0n) is 7.82. The largest absolute Gasteiger partial charge is 0.465 e. The summed E-state index contributed by atoms with van der Waals surface area (Å²) < 4.78 is 0. The van der Waals surface area contributed by atoms with E-state index in [0.29, 0.717) is 0 Å². The van der Waals surface area contributed by atoms with Gasteiger partial charge >= 0.3 is 6.09 Å². The Bertz CT molecular complexity index is 209. The first-order valence-corrected chi connectivity index (χ1v) is 4.63. The molecule has 0 aromatic carbocycles. The van der Waals surface area contributed by atoms with Gasteiger partial charge in [-0.25, -0.2) is 4.79 Å². The lowest BCUT2D eigenvalue weighted by atomic mass is 9.88. The fourth-order valence-electron chi connectivity index (χ4n) is 1.72. The van der Waals surface area contributed by atoms with E-state index in [0.717, 1.165) is 30.6 Å². The van der Waals surface area contributed by atoms with Crippen LogP contribution in [0.4, 0.5) is 4.79 Å². The lowest BCUT2D eigenvalue weighted by Crippen LogP contribution is -2.37. The summed E-state index contributed by atoms with van der Waals surface area (Å²) in [5.41, 5.74) is 0. The van der Waals surface area contributed by atoms with Crippen LogP contribution in [0.3, 0.4) is 0 Å². The predicted octanol–water partition coefficient (Wildman–Crippen LogP) is 1.70. The fourth-order valence-corrected chi connectivity index (χ4v) is 1.72. The number of hydrogen-bond donors (Lipinski definition) is 1. The van der Waals surface area contributed by atoms with Crippen molar-refractivity contribution in [2.75, 3.05) is 7.05 Å². The van der Waals surface area contributed by atoms with Gasteiger partial charge in [0, 0.05) is 13.0 Å². The first kappa shape index (κ1) is 10.0. The minimum atomic E-state index is -1.16. The number of hydrogen-bond acceptors (Lipinski definition) is 2. The highest BCUT2D eigenvalue weighted by atomic mass is 16.4. The first-order chi connectivity index (χ1) is 6.13. The molecule has 0 radical (unpaired) electrons. The van der Waals surface area contributed by atoms with E-state index >= 15 is 0 Å². The van der Waals surface area contributed by atoms with Gasteiger partial charge < -0.3 is 5.11 Å². The molecule has 4 heteroatoms. The Hall–Kier alpha value is -1.06. The molecular formula is C9H15NO3. The van der Waals surface area contributed by atoms with E-state index in [1.807, 2.05) is 0 Å². The van der Waals surface area contributed by atoms with Crippen molar-refractivity contribution >= 4 is 12.0 Å². The van der Waals surface area contributed by atoms with Crippen molar-refractivity contribution in [1.82, 2.24) is 4.90 Å². The molecule has 1 rings (SSSR count). The molecule has 4 nitrogen and oxygen atoms in total. The third-order valence-corrected chi connectivity index (χ3v) is 2.57. The van der Waals surface area contributed by atoms with Crippen LogP contribution in [-0.2, 0) is 4.79 Å². The quantitative estimate of drug-likeness (QED) is 0.676. The number of amides is 2. The number of carboxylic acid groups (broad SMARTS) is 1. The average molecular weight is 185 g/mol. The van der Waals surface area contributed by atoms with Crippen molar-refractivity contribution in [2.45, 2.75) is 32.1 Å². The highest BCUT2D eigenvalue weighted by Crippen LogP contribution is 2.24. The van der Waals surface area contributed by atoms with Crippen LogP contribution in [0.1, 0.15) is 32.1 Å². The zero-order valence-corrected chi connectivity index (χ0v) is 7.82. The summed E-state index contributed by atoms with van der Waals surface area (Å²) in [7, 11) is 1.32. The molecule has 1 aliphatic rings. The van der Waals surface area contributed by atoms with Crippen LogP contribution in [-0.4, -0.2) is 29.1 Å². The summed E-state index contributed by atoms with van der Waals surface area (Å²) in [6, 6.07) is 0. The van der Waals surface area contributed by atoms with Crippen molar-refractivity contribution < 1.29 is 14.7 Å². The Balaban J connectivity index is 2.50. The van der Waals surface area contributed by atoms with Crippen LogP contribution in [0.25, 0.3) is 0 Å². The maximum atomic E-state index is 11.5. The first-order valence-electron chi connectivity index (χ1n) is 4.63. The Morgan fingerprint density at radius 3 is 2.23 bits per heavy atom. The number of carbonyl (C=O) groups excluding carboxylic acids is 1. The number of rotatable bonds is 1. The van der Waals surface area contributed by atoms with Crippen molar-refractivity contribution in [3.63, 3.8) is 0 Å². The van der Waals surface area contributed by atoms with E-state index in [4.69, 9.17) is 5.11 Å². The van der Waals surface area contributed by atoms with Crippen molar-refractivity contribution in [2.24, 2.45) is 5.92 Å². The second-order valence-corrected chi connectivity index (χ2v) is 3.51. The van der Waals surface area contributed by atoms with Crippen LogP contribution in [0, 0.1) is 5.92 Å². The SMILES string of the molecule is CN(C(=O)O)C(=O)C1CCCCC1. The van der Waals surface area contributed by atoms with Crippen LogP contribution in [0.5, 0.6) is 0 Å². The second kappa shape index (κ2) is 4.25. The zero-order chi connectivity index (χ0) is 9.84. The third kappa shape index (κ3) is 2.44. The molecule has 0 saturated heterocycles. The van der Waals surface area contributed by atoms with Gasteiger partial charge in [0.25, 0.3) is 0 Å². The normalized spacial score (nSPS) is 18.2. The molecule has 13 heavy (non-hydrogen) atoms. The Morgan fingerprint density at radius 2 is 1.77 bits per heavy atom. The van der Waals surface area contributed by atoms with Gasteiger partial charge in [-0.2, -0.15) is 0 Å². The van der Waals surface area contributed by atoms with Gasteiger partial charge in [-0.05, 0) is 12.8 Å². The summed E-state index contributed by atoms with van der Waals surface area (Å²) in [6.45, 7) is 0. The van der Waals surface area contributed by atoms with Crippen molar-refractivity contribution in [3.05, 3.63) is 0 Å². The van der Waals surface area contributed by atoms with Crippen LogP contribution in [0.2, 0.25) is 0 Å². The Labute approximate surface area is 77.5 Å². The van der Waals surface area contributed by atoms with E-state index in [1.54, 1.807) is 0 Å². The number of imide groups is 1. The van der Waals surface area contributed by atoms with E-state index < -0.39 is 6.09 Å². The topological polar surface area (TPSA) is 57.6 Å². The molecule has 0 aliphatic heterocycles. The highest BCUT2D eigenvalue weighted by Gasteiger charge is 2.26. The van der Waals surface area contributed by atoms with Gasteiger partial charge in [-0.15, -0.1) is 0 Å². The lowest BCUT2D eigenvalue weighted by Gasteiger charge is -2.23. The molecule has 0 spiro atoms. The van der Waals surface area contributed by atoms with Gasteiger partial charge in [0.05, 0.1) is 0 Å². The molecule has 0 aromatic rings. The van der Waals surface area contributed by atoms with E-state index in [2.05, 4.69) is 0 Å². The van der Waals surface area contributed by atoms with E-state index in [9.17, 15) is 9.59 Å². The summed E-state index contributed by atoms with van der Waals surface area (Å²) in [6.07, 6.45) is 3.79. The molecule has 0 aromatic heterocycles. The maximum absolute atomic E-state index is 11.5. The molecule has 1 fully saturated rings. The van der Waals surface area contributed by atoms with Crippen molar-refractivity contribution in [3.8, 4) is 0 Å². The second-order valence-electron chi connectivity index (χ2n) is 3.51. The minimum Gasteiger partial charge on any atom is -0.465 e. The van der Waals surface area contributed by atoms with Crippen molar-refractivity contribution in [1.29, 1.82) is 0 Å². The molecule has 0 bridgehead atoms. The number of carbonyl (C=O) groups is 2. The molecule has 0 unspecified atom stereocenters. The third-order valence-electron chi connectivity index (χ3n) is 2.57. The summed E-state index contributed by atoms with van der Waals surface area (Å²) in [5, 5.41) is 8.59. The fraction of sp³-hybridized carbons (Fsp3) is 0.778. The molecule has 1 saturated carbocycles. The monoisotopic (exact) mass is 185 g/mol. The smallest absolute Gasteiger partial charge is 0.413 e. The van der Waals surface area contributed by atoms with Gasteiger partial charge in [0.2, 0.25) is 5.91 Å². The van der Waals surface area contributed by atoms with Crippen LogP contribution in [0.15, 0.2) is 0 Å². The van der Waals surface area contributed by atoms with Gasteiger partial charge in [0.1, 0.15) is 0 Å². The minimum absolute atomic E-state index is 0.0603. The maximum Gasteiger partial charge on any atom is 0.413 e. The molecule has 1 aliphatic carbocycles. The molecule has 1 N–H and O–H groups in total. The van der Waals surface area contributed by atoms with E-state index in [-0.39, 0.29) is 11.8 Å². The van der Waals surface area contributed by atoms with Gasteiger partial charge in [0.15, 0.2) is 0 Å². The molecule has 0 heterocycles. The average Bonchev–Trinajstić information content (AvgIpc) is 2.17. The molecular weight excluding hydrogens is 170 g/mol. The molecule has 2 amide bonds. The molecule has 0 atom stereocenters. The Kier molecular flexibility index (Phi) is 3.28. The Morgan fingerprint density at radius 1 is 1.23 bits per heavy atom. The summed E-state index contributed by atoms with van der Waals surface area (Å²) in [5.74, 6) is -0.304. The molecule has 74 valence electrons. The summed E-state index contributed by atoms with van der Waals surface area (Å²) >= 11 is 0. The number of nitrogens with zero attached hydrogens (tertiary/aromatic N) is 1. The van der Waals surface area contributed by atoms with Crippen LogP contribution < -0.4 is 0 Å². The summed E-state index contributed by atoms with van der Waals surface area (Å²) in [4.78, 5) is 22.8. The van der Waals surface area contributed by atoms with Gasteiger partial charge in [-0.1, -0.05) is 19.3 Å². The van der Waals surface area contributed by atoms with Crippen LogP contribution >= 0.6 is 0 Å². The predicted molar refractivity (Wildman–Crippen MR) is 47.4 cm³/mol. The highest BCUT2D eigenvalue weighted by molar-refractivity contribution is 5.92. The van der Waals surface area contributed by atoms with E-state index in [1.165, 1.54) is 13.5 Å².